The SMILES string of the molecule is C=CC1CC(=O)N(c2nc(Cl)ncc2N)C1. The zero-order valence-electron chi connectivity index (χ0n) is 8.56. The van der Waals surface area contributed by atoms with E-state index in [2.05, 4.69) is 16.5 Å². The highest BCUT2D eigenvalue weighted by molar-refractivity contribution is 6.28. The number of halogens is 1. The summed E-state index contributed by atoms with van der Waals surface area (Å²) >= 11 is 5.68. The van der Waals surface area contributed by atoms with Crippen molar-refractivity contribution in [1.82, 2.24) is 9.97 Å². The van der Waals surface area contributed by atoms with E-state index < -0.39 is 0 Å². The highest BCUT2D eigenvalue weighted by atomic mass is 35.5. The molecule has 2 N–H and O–H groups in total. The molecule has 1 saturated heterocycles. The fourth-order valence-corrected chi connectivity index (χ4v) is 1.80. The number of hydrogen-bond acceptors (Lipinski definition) is 4. The predicted octanol–water partition coefficient (Wildman–Crippen LogP) is 1.25. The Morgan fingerprint density at radius 1 is 1.69 bits per heavy atom. The number of rotatable bonds is 2. The smallest absolute Gasteiger partial charge is 0.228 e. The summed E-state index contributed by atoms with van der Waals surface area (Å²) in [6.45, 7) is 4.22. The van der Waals surface area contributed by atoms with Gasteiger partial charge in [-0.25, -0.2) is 4.98 Å². The Morgan fingerprint density at radius 2 is 2.44 bits per heavy atom. The Bertz CT molecular complexity index is 448. The maximum Gasteiger partial charge on any atom is 0.228 e. The minimum absolute atomic E-state index is 0.0219. The van der Waals surface area contributed by atoms with Gasteiger partial charge in [-0.2, -0.15) is 4.98 Å². The maximum atomic E-state index is 11.7. The van der Waals surface area contributed by atoms with Gasteiger partial charge in [0, 0.05) is 18.9 Å². The van der Waals surface area contributed by atoms with Crippen molar-refractivity contribution in [2.24, 2.45) is 5.92 Å². The molecule has 1 aliphatic heterocycles. The van der Waals surface area contributed by atoms with Crippen LogP contribution in [0.4, 0.5) is 11.5 Å². The summed E-state index contributed by atoms with van der Waals surface area (Å²) in [5.41, 5.74) is 6.06. The van der Waals surface area contributed by atoms with Crippen LogP contribution < -0.4 is 10.6 Å². The first-order chi connectivity index (χ1) is 7.61. The van der Waals surface area contributed by atoms with Crippen LogP contribution in [-0.4, -0.2) is 22.4 Å². The van der Waals surface area contributed by atoms with Crippen molar-refractivity contribution in [2.75, 3.05) is 17.2 Å². The van der Waals surface area contributed by atoms with Crippen LogP contribution in [0.2, 0.25) is 5.28 Å². The molecule has 0 saturated carbocycles. The molecule has 0 aliphatic carbocycles. The first-order valence-corrected chi connectivity index (χ1v) is 5.20. The summed E-state index contributed by atoms with van der Waals surface area (Å²) in [6, 6.07) is 0. The van der Waals surface area contributed by atoms with Gasteiger partial charge in [-0.1, -0.05) is 6.08 Å². The van der Waals surface area contributed by atoms with Crippen molar-refractivity contribution in [3.05, 3.63) is 24.1 Å². The van der Waals surface area contributed by atoms with Gasteiger partial charge in [0.25, 0.3) is 0 Å². The van der Waals surface area contributed by atoms with Crippen LogP contribution in [0.5, 0.6) is 0 Å². The Hall–Kier alpha value is -1.62. The van der Waals surface area contributed by atoms with Crippen LogP contribution in [-0.2, 0) is 4.79 Å². The molecule has 1 unspecified atom stereocenters. The largest absolute Gasteiger partial charge is 0.394 e. The summed E-state index contributed by atoms with van der Waals surface area (Å²) in [5, 5.41) is 0.0825. The van der Waals surface area contributed by atoms with Crippen LogP contribution in [0.3, 0.4) is 0 Å². The molecule has 84 valence electrons. The Balaban J connectivity index is 2.34. The Kier molecular flexibility index (Phi) is 2.78. The van der Waals surface area contributed by atoms with Gasteiger partial charge in [-0.05, 0) is 11.6 Å². The Morgan fingerprint density at radius 3 is 3.06 bits per heavy atom. The molecule has 1 amide bonds. The lowest BCUT2D eigenvalue weighted by Crippen LogP contribution is -2.26. The highest BCUT2D eigenvalue weighted by Crippen LogP contribution is 2.28. The third-order valence-electron chi connectivity index (χ3n) is 2.51. The molecule has 1 fully saturated rings. The molecule has 1 aromatic rings. The van der Waals surface area contributed by atoms with Crippen molar-refractivity contribution in [2.45, 2.75) is 6.42 Å². The second-order valence-electron chi connectivity index (χ2n) is 3.62. The number of hydrogen-bond donors (Lipinski definition) is 1. The number of carbonyl (C=O) groups excluding carboxylic acids is 1. The van der Waals surface area contributed by atoms with Crippen molar-refractivity contribution in [3.8, 4) is 0 Å². The third-order valence-corrected chi connectivity index (χ3v) is 2.69. The molecule has 1 aliphatic rings. The summed E-state index contributed by atoms with van der Waals surface area (Å²) in [4.78, 5) is 21.0. The van der Waals surface area contributed by atoms with Crippen LogP contribution >= 0.6 is 11.6 Å². The fraction of sp³-hybridized carbons (Fsp3) is 0.300. The number of amides is 1. The standard InChI is InChI=1S/C10H11ClN4O/c1-2-6-3-8(16)15(5-6)9-7(12)4-13-10(11)14-9/h2,4,6H,1,3,5,12H2. The second kappa shape index (κ2) is 4.09. The van der Waals surface area contributed by atoms with E-state index in [4.69, 9.17) is 17.3 Å². The minimum atomic E-state index is -0.0219. The number of carbonyl (C=O) groups is 1. The maximum absolute atomic E-state index is 11.7. The first-order valence-electron chi connectivity index (χ1n) is 4.82. The normalized spacial score (nSPS) is 20.2. The van der Waals surface area contributed by atoms with Crippen molar-refractivity contribution >= 4 is 29.0 Å². The Labute approximate surface area is 97.9 Å². The summed E-state index contributed by atoms with van der Waals surface area (Å²) in [5.74, 6) is 0.501. The lowest BCUT2D eigenvalue weighted by Gasteiger charge is -2.16. The van der Waals surface area contributed by atoms with E-state index >= 15 is 0 Å². The zero-order valence-corrected chi connectivity index (χ0v) is 9.31. The van der Waals surface area contributed by atoms with Crippen LogP contribution in [0.25, 0.3) is 0 Å². The topological polar surface area (TPSA) is 72.1 Å². The molecule has 0 spiro atoms. The van der Waals surface area contributed by atoms with Crippen molar-refractivity contribution < 1.29 is 4.79 Å². The molecule has 2 heterocycles. The monoisotopic (exact) mass is 238 g/mol. The molecule has 16 heavy (non-hydrogen) atoms. The zero-order chi connectivity index (χ0) is 11.7. The van der Waals surface area contributed by atoms with Crippen LogP contribution in [0.15, 0.2) is 18.9 Å². The van der Waals surface area contributed by atoms with Gasteiger partial charge in [0.2, 0.25) is 11.2 Å². The predicted molar refractivity (Wildman–Crippen MR) is 62.1 cm³/mol. The van der Waals surface area contributed by atoms with Gasteiger partial charge in [-0.15, -0.1) is 6.58 Å². The van der Waals surface area contributed by atoms with Crippen LogP contribution in [0, 0.1) is 5.92 Å². The first kappa shape index (κ1) is 10.9. The van der Waals surface area contributed by atoms with E-state index in [0.29, 0.717) is 24.5 Å². The molecule has 0 aromatic carbocycles. The molecule has 0 radical (unpaired) electrons. The van der Waals surface area contributed by atoms with E-state index in [0.717, 1.165) is 0 Å². The average molecular weight is 239 g/mol. The number of anilines is 2. The molecule has 2 rings (SSSR count). The molecule has 1 atom stereocenters. The van der Waals surface area contributed by atoms with E-state index in [-0.39, 0.29) is 17.1 Å². The third kappa shape index (κ3) is 1.86. The molecule has 5 nitrogen and oxygen atoms in total. The second-order valence-corrected chi connectivity index (χ2v) is 3.96. The van der Waals surface area contributed by atoms with Gasteiger partial charge >= 0.3 is 0 Å². The van der Waals surface area contributed by atoms with E-state index in [1.807, 2.05) is 0 Å². The average Bonchev–Trinajstić information content (AvgIpc) is 2.63. The molecule has 6 heteroatoms. The summed E-state index contributed by atoms with van der Waals surface area (Å²) < 4.78 is 0. The lowest BCUT2D eigenvalue weighted by atomic mass is 10.1. The number of nitrogens with two attached hydrogens (primary N) is 1. The van der Waals surface area contributed by atoms with Crippen molar-refractivity contribution in [1.29, 1.82) is 0 Å². The summed E-state index contributed by atoms with van der Waals surface area (Å²) in [6.07, 6.45) is 3.60. The number of aromatic nitrogens is 2. The number of nitrogen functional groups attached to an aromatic ring is 1. The van der Waals surface area contributed by atoms with E-state index in [1.54, 1.807) is 6.08 Å². The lowest BCUT2D eigenvalue weighted by molar-refractivity contribution is -0.117. The fourth-order valence-electron chi connectivity index (χ4n) is 1.68. The van der Waals surface area contributed by atoms with E-state index in [9.17, 15) is 4.79 Å². The highest BCUT2D eigenvalue weighted by Gasteiger charge is 2.30. The summed E-state index contributed by atoms with van der Waals surface area (Å²) in [7, 11) is 0. The van der Waals surface area contributed by atoms with Crippen molar-refractivity contribution in [3.63, 3.8) is 0 Å². The molecular weight excluding hydrogens is 228 g/mol. The number of nitrogens with zero attached hydrogens (tertiary/aromatic N) is 3. The van der Waals surface area contributed by atoms with Crippen LogP contribution in [0.1, 0.15) is 6.42 Å². The van der Waals surface area contributed by atoms with Gasteiger partial charge in [-0.3, -0.25) is 9.69 Å². The van der Waals surface area contributed by atoms with Gasteiger partial charge in [0.1, 0.15) is 0 Å². The molecule has 1 aromatic heterocycles. The van der Waals surface area contributed by atoms with Gasteiger partial charge in [0.05, 0.1) is 11.9 Å². The van der Waals surface area contributed by atoms with E-state index in [1.165, 1.54) is 11.1 Å². The minimum Gasteiger partial charge on any atom is -0.394 e. The van der Waals surface area contributed by atoms with Gasteiger partial charge in [0.15, 0.2) is 5.82 Å². The molecule has 0 bridgehead atoms. The molecular formula is C10H11ClN4O. The quantitative estimate of drug-likeness (QED) is 0.622. The van der Waals surface area contributed by atoms with Gasteiger partial charge < -0.3 is 5.73 Å².